The van der Waals surface area contributed by atoms with Crippen LogP contribution in [0.4, 0.5) is 27.6 Å². The Labute approximate surface area is 334 Å². The maximum absolute atomic E-state index is 15.7. The summed E-state index contributed by atoms with van der Waals surface area (Å²) in [5.41, 5.74) is -1.88. The summed E-state index contributed by atoms with van der Waals surface area (Å²) in [6.07, 6.45) is -14.3. The Balaban J connectivity index is 1.59. The zero-order valence-electron chi connectivity index (χ0n) is 44.6. The summed E-state index contributed by atoms with van der Waals surface area (Å²) in [5, 5.41) is 10.8. The summed E-state index contributed by atoms with van der Waals surface area (Å²) in [5.74, 6) is -5.31. The lowest BCUT2D eigenvalue weighted by atomic mass is 9.96. The van der Waals surface area contributed by atoms with E-state index in [4.69, 9.17) is 12.3 Å². The zero-order valence-corrected chi connectivity index (χ0v) is 28.4. The summed E-state index contributed by atoms with van der Waals surface area (Å²) in [6.45, 7) is -17.4. The number of fused-ring (bicyclic) bond motifs is 1. The van der Waals surface area contributed by atoms with Crippen LogP contribution in [0.25, 0.3) is 11.1 Å². The van der Waals surface area contributed by atoms with Crippen molar-refractivity contribution >= 4 is 23.4 Å². The fraction of sp³-hybridized carbons (Fsp3) is 0.341. The number of anilines is 1. The Morgan fingerprint density at radius 2 is 1.74 bits per heavy atom. The summed E-state index contributed by atoms with van der Waals surface area (Å²) in [4.78, 5) is 15.2. The van der Waals surface area contributed by atoms with Gasteiger partial charge in [-0.05, 0) is 66.7 Å². The van der Waals surface area contributed by atoms with Gasteiger partial charge < -0.3 is 24.5 Å². The third-order valence-electron chi connectivity index (χ3n) is 8.11. The number of carbonyl (C=O) groups is 1. The molecule has 2 aliphatic heterocycles. The molecular weight excluding hydrogens is 710 g/mol. The lowest BCUT2D eigenvalue weighted by Crippen LogP contribution is -2.51. The normalized spacial score (nSPS) is 27.8. The number of piperidine rings is 1. The first-order chi connectivity index (χ1) is 31.8. The second-order valence-corrected chi connectivity index (χ2v) is 12.4. The molecule has 2 aliphatic rings. The molecule has 0 saturated carbocycles. The van der Waals surface area contributed by atoms with Crippen molar-refractivity contribution in [3.63, 3.8) is 0 Å². The third-order valence-corrected chi connectivity index (χ3v) is 9.18. The number of aliphatic hydroxyl groups excluding tert-OH is 1. The monoisotopic (exact) mass is 768 g/mol. The number of hydrogen-bond donors (Lipinski definition) is 1. The van der Waals surface area contributed by atoms with Gasteiger partial charge >= 0.3 is 6.18 Å². The summed E-state index contributed by atoms with van der Waals surface area (Å²) in [6, 6.07) is 8.79. The van der Waals surface area contributed by atoms with Gasteiger partial charge in [0.1, 0.15) is 12.6 Å². The molecule has 2 unspecified atom stereocenters. The van der Waals surface area contributed by atoms with Crippen molar-refractivity contribution in [3.8, 4) is 11.1 Å². The Hall–Kier alpha value is -4.23. The van der Waals surface area contributed by atoms with E-state index in [1.54, 1.807) is 0 Å². The van der Waals surface area contributed by atoms with Crippen LogP contribution in [0.5, 0.6) is 0 Å². The van der Waals surface area contributed by atoms with Crippen LogP contribution in [-0.4, -0.2) is 66.5 Å². The quantitative estimate of drug-likeness (QED) is 0.145. The maximum Gasteiger partial charge on any atom is 0.416 e. The molecule has 1 amide bonds. The molecule has 4 aromatic rings. The van der Waals surface area contributed by atoms with Gasteiger partial charge in [-0.25, -0.2) is 8.78 Å². The molecular formula is C41H42F5N3O3S. The second-order valence-electron chi connectivity index (χ2n) is 11.4. The minimum atomic E-state index is -4.70. The summed E-state index contributed by atoms with van der Waals surface area (Å²) < 4.78 is 225. The molecule has 0 spiro atoms. The number of hydrogen-bond acceptors (Lipinski definition) is 6. The predicted octanol–water partition coefficient (Wildman–Crippen LogP) is 8.98. The third kappa shape index (κ3) is 8.95. The van der Waals surface area contributed by atoms with Crippen molar-refractivity contribution in [2.24, 2.45) is 0 Å². The molecule has 280 valence electrons. The fourth-order valence-corrected chi connectivity index (χ4v) is 6.44. The molecule has 0 aliphatic carbocycles. The van der Waals surface area contributed by atoms with E-state index in [1.807, 2.05) is 0 Å². The maximum atomic E-state index is 15.7. The zero-order chi connectivity index (χ0) is 52.8. The molecule has 53 heavy (non-hydrogen) atoms. The Morgan fingerprint density at radius 3 is 2.42 bits per heavy atom. The Bertz CT molecular complexity index is 2630. The van der Waals surface area contributed by atoms with Crippen LogP contribution in [0.1, 0.15) is 77.3 Å². The lowest BCUT2D eigenvalue weighted by molar-refractivity contribution is -0.137. The van der Waals surface area contributed by atoms with E-state index in [0.717, 1.165) is 55.5 Å². The largest absolute Gasteiger partial charge is 0.416 e. The van der Waals surface area contributed by atoms with Crippen LogP contribution in [-0.2, 0) is 21.5 Å². The standard InChI is InChI=1S/C41H42F5N3O3S/c1-27(28-10-12-29(13-11-28)30-14-16-32(17-15-30)41(44,45)46)49(33-18-20-47(21-19-33)22-23-52-2)38(51)25-48-36-9-4-3-7-34(36)37(50)24-39(48)53-26-31-6-5-8-35(42)40(31)43/h3-17,24,27,33,37,50H,18-23,25-26H2,1-2H3/i2D3,18D2,19D2,20D2,21D2,22D2,25D2,27D,33D. The second kappa shape index (κ2) is 16.8. The topological polar surface area (TPSA) is 56.2 Å². The van der Waals surface area contributed by atoms with Crippen molar-refractivity contribution in [3.05, 3.63) is 136 Å². The van der Waals surface area contributed by atoms with Gasteiger partial charge in [0.15, 0.2) is 11.6 Å². The number of likely N-dealkylation sites (tertiary alicyclic amines) is 1. The van der Waals surface area contributed by atoms with Crippen molar-refractivity contribution in [1.29, 1.82) is 0 Å². The smallest absolute Gasteiger partial charge is 0.384 e. The predicted molar refractivity (Wildman–Crippen MR) is 198 cm³/mol. The molecule has 2 atom stereocenters. The Kier molecular flexibility index (Phi) is 7.06. The van der Waals surface area contributed by atoms with Crippen LogP contribution in [0.2, 0.25) is 0 Å². The van der Waals surface area contributed by atoms with E-state index in [-0.39, 0.29) is 32.8 Å². The fourth-order valence-electron chi connectivity index (χ4n) is 5.42. The minimum Gasteiger partial charge on any atom is -0.384 e. The SMILES string of the molecule is [2H]C([2H])([2H])OCC([2H])([2H])N1C([2H])([2H])C([2H])([2H])C([2H])(N(C(=O)C([2H])([2H])N2C(SCc3cccc(F)c3F)=CC(O)c3ccccc32)C([2H])(C)c2ccc(-c3ccc(C(F)(F)F)cc3)cc2)C([2H])([2H])C1([2H])[2H]. The molecule has 0 aromatic heterocycles. The molecule has 0 radical (unpaired) electrons. The minimum absolute atomic E-state index is 0.0896. The number of thioether (sulfide) groups is 1. The number of ether oxygens (including phenoxy) is 1. The van der Waals surface area contributed by atoms with Crippen molar-refractivity contribution in [2.75, 3.05) is 44.5 Å². The first-order valence-corrected chi connectivity index (χ1v) is 16.7. The van der Waals surface area contributed by atoms with Crippen LogP contribution >= 0.6 is 11.8 Å². The highest BCUT2D eigenvalue weighted by atomic mass is 32.2. The van der Waals surface area contributed by atoms with Crippen LogP contribution in [0.3, 0.4) is 0 Å². The van der Waals surface area contributed by atoms with Crippen LogP contribution in [0, 0.1) is 11.6 Å². The molecule has 12 heteroatoms. The van der Waals surface area contributed by atoms with Gasteiger partial charge in [0.2, 0.25) is 5.91 Å². The van der Waals surface area contributed by atoms with Gasteiger partial charge in [-0.3, -0.25) is 4.79 Å². The number of alkyl halides is 3. The number of nitrogens with zero attached hydrogens (tertiary/aromatic N) is 3. The number of halogens is 5. The van der Waals surface area contributed by atoms with Crippen molar-refractivity contribution in [1.82, 2.24) is 9.80 Å². The number of benzene rings is 4. The summed E-state index contributed by atoms with van der Waals surface area (Å²) >= 11 is 0.538. The first-order valence-electron chi connectivity index (χ1n) is 24.2. The molecule has 4 aromatic carbocycles. The molecule has 0 bridgehead atoms. The molecule has 1 saturated heterocycles. The molecule has 1 N–H and O–H groups in total. The number of carbonyl (C=O) groups excluding carboxylic acids is 1. The average molecular weight is 769 g/mol. The molecule has 6 nitrogen and oxygen atoms in total. The summed E-state index contributed by atoms with van der Waals surface area (Å²) in [7, 11) is -3.41. The van der Waals surface area contributed by atoms with Gasteiger partial charge in [0.05, 0.1) is 32.8 Å². The number of aliphatic hydroxyl groups is 1. The van der Waals surface area contributed by atoms with E-state index >= 15 is 4.79 Å². The van der Waals surface area contributed by atoms with Crippen molar-refractivity contribution < 1.29 is 59.9 Å². The van der Waals surface area contributed by atoms with E-state index in [1.165, 1.54) is 48.5 Å². The molecule has 6 rings (SSSR count). The highest BCUT2D eigenvalue weighted by molar-refractivity contribution is 8.02. The van der Waals surface area contributed by atoms with Gasteiger partial charge in [0, 0.05) is 68.8 Å². The highest BCUT2D eigenvalue weighted by Crippen LogP contribution is 2.41. The number of methoxy groups -OCH3 is 1. The van der Waals surface area contributed by atoms with E-state index in [2.05, 4.69) is 4.74 Å². The van der Waals surface area contributed by atoms with Crippen LogP contribution < -0.4 is 4.90 Å². The highest BCUT2D eigenvalue weighted by Gasteiger charge is 2.35. The number of amides is 1. The first kappa shape index (κ1) is 22.2. The Morgan fingerprint density at radius 1 is 1.06 bits per heavy atom. The number of rotatable bonds is 12. The van der Waals surface area contributed by atoms with Gasteiger partial charge in [0.25, 0.3) is 0 Å². The molecule has 1 fully saturated rings. The van der Waals surface area contributed by atoms with E-state index < -0.39 is 121 Å². The molecule has 2 heterocycles. The average Bonchev–Trinajstić information content (AvgIpc) is 3.24. The van der Waals surface area contributed by atoms with Gasteiger partial charge in [-0.15, -0.1) is 11.8 Å². The van der Waals surface area contributed by atoms with E-state index in [0.29, 0.717) is 16.7 Å². The van der Waals surface area contributed by atoms with E-state index in [9.17, 15) is 38.0 Å². The lowest BCUT2D eigenvalue weighted by Gasteiger charge is -2.43. The van der Waals surface area contributed by atoms with Crippen molar-refractivity contribution in [2.45, 2.75) is 49.7 Å². The van der Waals surface area contributed by atoms with Crippen LogP contribution in [0.15, 0.2) is 102 Å². The van der Waals surface area contributed by atoms with Gasteiger partial charge in [-0.2, -0.15) is 13.2 Å². The van der Waals surface area contributed by atoms with Gasteiger partial charge in [-0.1, -0.05) is 66.7 Å². The number of para-hydroxylation sites is 1.